The van der Waals surface area contributed by atoms with Gasteiger partial charge in [-0.25, -0.2) is 0 Å². The van der Waals surface area contributed by atoms with Crippen LogP contribution < -0.4 is 0 Å². The molecule has 0 aromatic carbocycles. The molecule has 1 heterocycles. The highest BCUT2D eigenvalue weighted by Gasteiger charge is 2.38. The van der Waals surface area contributed by atoms with Crippen molar-refractivity contribution < 1.29 is 0 Å². The first kappa shape index (κ1) is 13.6. The highest BCUT2D eigenvalue weighted by molar-refractivity contribution is 7.07. The molecule has 1 aromatic heterocycles. The van der Waals surface area contributed by atoms with Gasteiger partial charge in [0.1, 0.15) is 0 Å². The summed E-state index contributed by atoms with van der Waals surface area (Å²) in [5, 5.41) is 13.9. The summed E-state index contributed by atoms with van der Waals surface area (Å²) in [5.74, 6) is 0.779. The van der Waals surface area contributed by atoms with Crippen LogP contribution in [0.25, 0.3) is 0 Å². The van der Waals surface area contributed by atoms with Crippen molar-refractivity contribution in [3.63, 3.8) is 0 Å². The maximum absolute atomic E-state index is 9.58. The number of hydrogen-bond donors (Lipinski definition) is 0. The predicted molar refractivity (Wildman–Crippen MR) is 77.5 cm³/mol. The number of rotatable bonds is 2. The predicted octanol–water partition coefficient (Wildman–Crippen LogP) is 5.04. The van der Waals surface area contributed by atoms with Gasteiger partial charge in [-0.1, -0.05) is 20.8 Å². The first-order valence-corrected chi connectivity index (χ1v) is 7.82. The minimum absolute atomic E-state index is 0.0944. The van der Waals surface area contributed by atoms with Crippen LogP contribution in [0.4, 0.5) is 0 Å². The van der Waals surface area contributed by atoms with Crippen LogP contribution in [-0.2, 0) is 6.42 Å². The van der Waals surface area contributed by atoms with Gasteiger partial charge in [-0.15, -0.1) is 0 Å². The quantitative estimate of drug-likeness (QED) is 0.732. The Morgan fingerprint density at radius 2 is 2.06 bits per heavy atom. The molecule has 1 aliphatic rings. The minimum Gasteiger partial charge on any atom is -0.198 e. The average molecular weight is 261 g/mol. The van der Waals surface area contributed by atoms with Crippen LogP contribution in [0, 0.1) is 28.1 Å². The van der Waals surface area contributed by atoms with E-state index >= 15 is 0 Å². The Labute approximate surface area is 115 Å². The topological polar surface area (TPSA) is 23.8 Å². The fourth-order valence-electron chi connectivity index (χ4n) is 3.15. The number of nitriles is 1. The number of hydrogen-bond acceptors (Lipinski definition) is 2. The summed E-state index contributed by atoms with van der Waals surface area (Å²) >= 11 is 1.73. The Morgan fingerprint density at radius 3 is 2.50 bits per heavy atom. The molecule has 0 spiro atoms. The molecule has 98 valence electrons. The zero-order chi connectivity index (χ0) is 13.2. The minimum atomic E-state index is -0.0944. The lowest BCUT2D eigenvalue weighted by Crippen LogP contribution is -2.33. The molecule has 1 saturated carbocycles. The third-order valence-electron chi connectivity index (χ3n) is 4.53. The first-order chi connectivity index (χ1) is 8.45. The van der Waals surface area contributed by atoms with Gasteiger partial charge in [0.2, 0.25) is 0 Å². The maximum Gasteiger partial charge on any atom is 0.0693 e. The fraction of sp³-hybridized carbons (Fsp3) is 0.688. The van der Waals surface area contributed by atoms with E-state index in [1.807, 2.05) is 0 Å². The molecule has 1 aromatic rings. The van der Waals surface area contributed by atoms with Gasteiger partial charge in [0.25, 0.3) is 0 Å². The van der Waals surface area contributed by atoms with Gasteiger partial charge in [-0.05, 0) is 65.8 Å². The van der Waals surface area contributed by atoms with Gasteiger partial charge in [0.05, 0.1) is 11.5 Å². The summed E-state index contributed by atoms with van der Waals surface area (Å²) < 4.78 is 0. The summed E-state index contributed by atoms with van der Waals surface area (Å²) in [7, 11) is 0. The van der Waals surface area contributed by atoms with Gasteiger partial charge >= 0.3 is 0 Å². The van der Waals surface area contributed by atoms with Crippen LogP contribution in [-0.4, -0.2) is 0 Å². The van der Waals surface area contributed by atoms with Gasteiger partial charge in [0, 0.05) is 0 Å². The molecule has 0 saturated heterocycles. The van der Waals surface area contributed by atoms with Crippen LogP contribution >= 0.6 is 11.3 Å². The van der Waals surface area contributed by atoms with E-state index in [0.29, 0.717) is 5.41 Å². The summed E-state index contributed by atoms with van der Waals surface area (Å²) in [6.07, 6.45) is 5.51. The van der Waals surface area contributed by atoms with Crippen molar-refractivity contribution in [1.29, 1.82) is 5.26 Å². The van der Waals surface area contributed by atoms with Crippen molar-refractivity contribution in [3.8, 4) is 6.07 Å². The Bertz CT molecular complexity index is 411. The first-order valence-electron chi connectivity index (χ1n) is 6.88. The molecule has 1 fully saturated rings. The van der Waals surface area contributed by atoms with Crippen LogP contribution in [0.2, 0.25) is 0 Å². The second-order valence-electron chi connectivity index (χ2n) is 6.84. The molecule has 0 atom stereocenters. The summed E-state index contributed by atoms with van der Waals surface area (Å²) in [5.41, 5.74) is 1.64. The van der Waals surface area contributed by atoms with Gasteiger partial charge in [-0.3, -0.25) is 0 Å². The van der Waals surface area contributed by atoms with Crippen LogP contribution in [0.3, 0.4) is 0 Å². The van der Waals surface area contributed by atoms with Gasteiger partial charge in [-0.2, -0.15) is 16.6 Å². The Balaban J connectivity index is 2.03. The molecular formula is C16H23NS. The third-order valence-corrected chi connectivity index (χ3v) is 5.26. The zero-order valence-corrected chi connectivity index (χ0v) is 12.5. The molecule has 0 unspecified atom stereocenters. The van der Waals surface area contributed by atoms with Gasteiger partial charge in [0.15, 0.2) is 0 Å². The van der Waals surface area contributed by atoms with Crippen molar-refractivity contribution in [1.82, 2.24) is 0 Å². The van der Waals surface area contributed by atoms with E-state index in [4.69, 9.17) is 0 Å². The van der Waals surface area contributed by atoms with E-state index in [-0.39, 0.29) is 5.41 Å². The van der Waals surface area contributed by atoms with Crippen molar-refractivity contribution in [3.05, 3.63) is 22.4 Å². The molecule has 1 aliphatic carbocycles. The molecular weight excluding hydrogens is 238 g/mol. The van der Waals surface area contributed by atoms with E-state index in [1.165, 1.54) is 18.4 Å². The SMILES string of the molecule is CC(C)(C)C1CCC(C#N)(Cc2ccsc2)CC1. The third kappa shape index (κ3) is 2.95. The largest absolute Gasteiger partial charge is 0.198 e. The molecule has 0 aliphatic heterocycles. The maximum atomic E-state index is 9.58. The summed E-state index contributed by atoms with van der Waals surface area (Å²) in [6.45, 7) is 6.99. The van der Waals surface area contributed by atoms with Crippen molar-refractivity contribution in [2.75, 3.05) is 0 Å². The summed E-state index contributed by atoms with van der Waals surface area (Å²) in [6, 6.07) is 4.80. The van der Waals surface area contributed by atoms with Crippen molar-refractivity contribution >= 4 is 11.3 Å². The summed E-state index contributed by atoms with van der Waals surface area (Å²) in [4.78, 5) is 0. The highest BCUT2D eigenvalue weighted by atomic mass is 32.1. The molecule has 0 bridgehead atoms. The number of thiophene rings is 1. The molecule has 1 nitrogen and oxygen atoms in total. The standard InChI is InChI=1S/C16H23NS/c1-15(2,3)14-4-7-16(12-17,8-5-14)10-13-6-9-18-11-13/h6,9,11,14H,4-5,7-8,10H2,1-3H3. The smallest absolute Gasteiger partial charge is 0.0693 e. The second kappa shape index (κ2) is 5.05. The van der Waals surface area contributed by atoms with E-state index in [1.54, 1.807) is 11.3 Å². The van der Waals surface area contributed by atoms with Crippen molar-refractivity contribution in [2.24, 2.45) is 16.7 Å². The molecule has 2 rings (SSSR count). The lowest BCUT2D eigenvalue weighted by molar-refractivity contribution is 0.120. The zero-order valence-electron chi connectivity index (χ0n) is 11.7. The lowest BCUT2D eigenvalue weighted by atomic mass is 9.63. The highest BCUT2D eigenvalue weighted by Crippen LogP contribution is 2.46. The molecule has 0 amide bonds. The lowest BCUT2D eigenvalue weighted by Gasteiger charge is -2.40. The van der Waals surface area contributed by atoms with Gasteiger partial charge < -0.3 is 0 Å². The number of nitrogens with zero attached hydrogens (tertiary/aromatic N) is 1. The van der Waals surface area contributed by atoms with Crippen molar-refractivity contribution in [2.45, 2.75) is 52.9 Å². The Hall–Kier alpha value is -0.810. The fourth-order valence-corrected chi connectivity index (χ4v) is 3.82. The molecule has 2 heteroatoms. The normalized spacial score (nSPS) is 28.9. The molecule has 0 radical (unpaired) electrons. The van der Waals surface area contributed by atoms with Crippen LogP contribution in [0.5, 0.6) is 0 Å². The van der Waals surface area contributed by atoms with E-state index in [9.17, 15) is 5.26 Å². The second-order valence-corrected chi connectivity index (χ2v) is 7.62. The van der Waals surface area contributed by atoms with E-state index in [2.05, 4.69) is 43.7 Å². The Morgan fingerprint density at radius 1 is 1.39 bits per heavy atom. The van der Waals surface area contributed by atoms with Crippen LogP contribution in [0.1, 0.15) is 52.0 Å². The molecule has 0 N–H and O–H groups in total. The molecule has 18 heavy (non-hydrogen) atoms. The average Bonchev–Trinajstić information content (AvgIpc) is 2.81. The Kier molecular flexibility index (Phi) is 3.82. The van der Waals surface area contributed by atoms with Crippen LogP contribution in [0.15, 0.2) is 16.8 Å². The van der Waals surface area contributed by atoms with E-state index in [0.717, 1.165) is 25.2 Å². The van der Waals surface area contributed by atoms with E-state index < -0.39 is 0 Å². The monoisotopic (exact) mass is 261 g/mol.